The average Bonchev–Trinajstić information content (AvgIpc) is 2.16. The minimum Gasteiger partial charge on any atom is -0.480 e. The van der Waals surface area contributed by atoms with Crippen molar-refractivity contribution in [1.82, 2.24) is 5.32 Å². The molecule has 0 rings (SSSR count). The lowest BCUT2D eigenvalue weighted by molar-refractivity contribution is -0.142. The lowest BCUT2D eigenvalue weighted by atomic mass is 10.0. The SMILES string of the molecule is CCC[C@H](NC(=O)CC(C)CC)C(=O)O. The van der Waals surface area contributed by atoms with E-state index in [1.54, 1.807) is 0 Å². The molecule has 0 saturated heterocycles. The summed E-state index contributed by atoms with van der Waals surface area (Å²) in [5.74, 6) is -0.805. The van der Waals surface area contributed by atoms with Gasteiger partial charge in [-0.05, 0) is 12.3 Å². The third kappa shape index (κ3) is 6.10. The molecule has 4 heteroatoms. The van der Waals surface area contributed by atoms with Gasteiger partial charge in [-0.3, -0.25) is 4.79 Å². The fourth-order valence-electron chi connectivity index (χ4n) is 1.26. The second-order valence-electron chi connectivity index (χ2n) is 3.96. The monoisotopic (exact) mass is 215 g/mol. The Morgan fingerprint density at radius 1 is 1.33 bits per heavy atom. The van der Waals surface area contributed by atoms with Crippen molar-refractivity contribution in [2.75, 3.05) is 0 Å². The van der Waals surface area contributed by atoms with E-state index in [0.717, 1.165) is 12.8 Å². The highest BCUT2D eigenvalue weighted by atomic mass is 16.4. The molecule has 0 saturated carbocycles. The molecule has 0 aromatic heterocycles. The van der Waals surface area contributed by atoms with Crippen LogP contribution in [0, 0.1) is 5.92 Å². The summed E-state index contributed by atoms with van der Waals surface area (Å²) in [5, 5.41) is 11.4. The summed E-state index contributed by atoms with van der Waals surface area (Å²) in [6, 6.07) is -0.730. The second kappa shape index (κ2) is 7.26. The fraction of sp³-hybridized carbons (Fsp3) is 0.818. The Morgan fingerprint density at radius 3 is 2.33 bits per heavy atom. The summed E-state index contributed by atoms with van der Waals surface area (Å²) in [7, 11) is 0. The summed E-state index contributed by atoms with van der Waals surface area (Å²) in [6.45, 7) is 5.89. The van der Waals surface area contributed by atoms with E-state index in [-0.39, 0.29) is 5.91 Å². The molecular formula is C11H21NO3. The van der Waals surface area contributed by atoms with E-state index in [1.807, 2.05) is 20.8 Å². The molecule has 1 amide bonds. The van der Waals surface area contributed by atoms with E-state index in [9.17, 15) is 9.59 Å². The van der Waals surface area contributed by atoms with Crippen LogP contribution in [-0.2, 0) is 9.59 Å². The number of nitrogens with one attached hydrogen (secondary N) is 1. The molecule has 4 nitrogen and oxygen atoms in total. The summed E-state index contributed by atoms with van der Waals surface area (Å²) in [5.41, 5.74) is 0. The first kappa shape index (κ1) is 13.9. The van der Waals surface area contributed by atoms with E-state index in [0.29, 0.717) is 18.8 Å². The largest absolute Gasteiger partial charge is 0.480 e. The van der Waals surface area contributed by atoms with Crippen LogP contribution < -0.4 is 5.32 Å². The molecule has 15 heavy (non-hydrogen) atoms. The van der Waals surface area contributed by atoms with Gasteiger partial charge in [-0.15, -0.1) is 0 Å². The van der Waals surface area contributed by atoms with Gasteiger partial charge in [-0.25, -0.2) is 4.79 Å². The zero-order valence-electron chi connectivity index (χ0n) is 9.75. The molecular weight excluding hydrogens is 194 g/mol. The summed E-state index contributed by atoms with van der Waals surface area (Å²) >= 11 is 0. The third-order valence-corrected chi connectivity index (χ3v) is 2.44. The van der Waals surface area contributed by atoms with Crippen molar-refractivity contribution in [3.8, 4) is 0 Å². The standard InChI is InChI=1S/C11H21NO3/c1-4-6-9(11(14)15)12-10(13)7-8(3)5-2/h8-9H,4-7H2,1-3H3,(H,12,13)(H,14,15)/t8?,9-/m0/s1. The van der Waals surface area contributed by atoms with Crippen LogP contribution in [0.2, 0.25) is 0 Å². The topological polar surface area (TPSA) is 66.4 Å². The van der Waals surface area contributed by atoms with Crippen LogP contribution in [0.1, 0.15) is 46.5 Å². The fourth-order valence-corrected chi connectivity index (χ4v) is 1.26. The van der Waals surface area contributed by atoms with E-state index >= 15 is 0 Å². The van der Waals surface area contributed by atoms with Crippen molar-refractivity contribution in [3.05, 3.63) is 0 Å². The summed E-state index contributed by atoms with van der Waals surface area (Å²) < 4.78 is 0. The highest BCUT2D eigenvalue weighted by Gasteiger charge is 2.19. The number of amides is 1. The van der Waals surface area contributed by atoms with Crippen molar-refractivity contribution >= 4 is 11.9 Å². The van der Waals surface area contributed by atoms with Crippen LogP contribution >= 0.6 is 0 Å². The van der Waals surface area contributed by atoms with Crippen LogP contribution in [0.5, 0.6) is 0 Å². The first-order valence-electron chi connectivity index (χ1n) is 5.53. The van der Waals surface area contributed by atoms with Crippen molar-refractivity contribution in [2.45, 2.75) is 52.5 Å². The molecule has 0 aromatic rings. The maximum Gasteiger partial charge on any atom is 0.326 e. The molecule has 0 bridgehead atoms. The molecule has 2 N–H and O–H groups in total. The number of hydrogen-bond acceptors (Lipinski definition) is 2. The Morgan fingerprint density at radius 2 is 1.93 bits per heavy atom. The Kier molecular flexibility index (Phi) is 6.75. The molecule has 0 heterocycles. The Bertz CT molecular complexity index is 216. The van der Waals surface area contributed by atoms with Crippen molar-refractivity contribution in [2.24, 2.45) is 5.92 Å². The maximum absolute atomic E-state index is 11.4. The van der Waals surface area contributed by atoms with Gasteiger partial charge in [0.2, 0.25) is 5.91 Å². The third-order valence-electron chi connectivity index (χ3n) is 2.44. The predicted molar refractivity (Wildman–Crippen MR) is 58.5 cm³/mol. The molecule has 0 aliphatic carbocycles. The van der Waals surface area contributed by atoms with Crippen LogP contribution in [0.3, 0.4) is 0 Å². The number of hydrogen-bond donors (Lipinski definition) is 2. The number of rotatable bonds is 7. The van der Waals surface area contributed by atoms with Crippen LogP contribution in [0.25, 0.3) is 0 Å². The molecule has 0 spiro atoms. The average molecular weight is 215 g/mol. The number of aliphatic carboxylic acids is 1. The highest BCUT2D eigenvalue weighted by Crippen LogP contribution is 2.06. The van der Waals surface area contributed by atoms with Gasteiger partial charge >= 0.3 is 5.97 Å². The van der Waals surface area contributed by atoms with Crippen molar-refractivity contribution in [1.29, 1.82) is 0 Å². The molecule has 88 valence electrons. The van der Waals surface area contributed by atoms with Crippen LogP contribution in [0.4, 0.5) is 0 Å². The van der Waals surface area contributed by atoms with E-state index < -0.39 is 12.0 Å². The van der Waals surface area contributed by atoms with Gasteiger partial charge in [0.25, 0.3) is 0 Å². The zero-order valence-corrected chi connectivity index (χ0v) is 9.75. The van der Waals surface area contributed by atoms with Gasteiger partial charge in [0.15, 0.2) is 0 Å². The van der Waals surface area contributed by atoms with Crippen molar-refractivity contribution in [3.63, 3.8) is 0 Å². The number of carboxylic acids is 1. The summed E-state index contributed by atoms with van der Waals surface area (Å²) in [6.07, 6.45) is 2.57. The Hall–Kier alpha value is -1.06. The van der Waals surface area contributed by atoms with Gasteiger partial charge in [0.05, 0.1) is 0 Å². The summed E-state index contributed by atoms with van der Waals surface area (Å²) in [4.78, 5) is 22.2. The lowest BCUT2D eigenvalue weighted by Crippen LogP contribution is -2.41. The van der Waals surface area contributed by atoms with Gasteiger partial charge in [0, 0.05) is 6.42 Å². The molecule has 0 aromatic carbocycles. The molecule has 1 unspecified atom stereocenters. The highest BCUT2D eigenvalue weighted by molar-refractivity contribution is 5.83. The van der Waals surface area contributed by atoms with Crippen LogP contribution in [0.15, 0.2) is 0 Å². The minimum atomic E-state index is -0.950. The van der Waals surface area contributed by atoms with Gasteiger partial charge in [0.1, 0.15) is 6.04 Å². The van der Waals surface area contributed by atoms with E-state index in [4.69, 9.17) is 5.11 Å². The molecule has 2 atom stereocenters. The molecule has 0 fully saturated rings. The minimum absolute atomic E-state index is 0.162. The smallest absolute Gasteiger partial charge is 0.326 e. The second-order valence-corrected chi connectivity index (χ2v) is 3.96. The molecule has 0 aliphatic heterocycles. The molecule has 0 radical (unpaired) electrons. The van der Waals surface area contributed by atoms with Gasteiger partial charge in [-0.2, -0.15) is 0 Å². The number of carbonyl (C=O) groups is 2. The van der Waals surface area contributed by atoms with Crippen LogP contribution in [-0.4, -0.2) is 23.0 Å². The first-order valence-corrected chi connectivity index (χ1v) is 5.53. The number of carboxylic acid groups (broad SMARTS) is 1. The van der Waals surface area contributed by atoms with Gasteiger partial charge < -0.3 is 10.4 Å². The van der Waals surface area contributed by atoms with E-state index in [2.05, 4.69) is 5.32 Å². The number of carbonyl (C=O) groups excluding carboxylic acids is 1. The van der Waals surface area contributed by atoms with Crippen molar-refractivity contribution < 1.29 is 14.7 Å². The normalized spacial score (nSPS) is 14.3. The Balaban J connectivity index is 4.05. The van der Waals surface area contributed by atoms with Gasteiger partial charge in [-0.1, -0.05) is 33.6 Å². The lowest BCUT2D eigenvalue weighted by Gasteiger charge is -2.15. The quantitative estimate of drug-likeness (QED) is 0.680. The van der Waals surface area contributed by atoms with E-state index in [1.165, 1.54) is 0 Å². The predicted octanol–water partition coefficient (Wildman–Crippen LogP) is 1.79. The Labute approximate surface area is 91.1 Å². The molecule has 0 aliphatic rings. The zero-order chi connectivity index (χ0) is 11.8. The first-order chi connectivity index (χ1) is 7.01. The maximum atomic E-state index is 11.4.